The highest BCUT2D eigenvalue weighted by atomic mass is 16.5. The molecule has 0 aliphatic carbocycles. The summed E-state index contributed by atoms with van der Waals surface area (Å²) in [5, 5.41) is 21.4. The molecule has 1 aliphatic rings. The normalized spacial score (nSPS) is 24.7. The molecule has 8 atom stereocenters. The van der Waals surface area contributed by atoms with E-state index in [4.69, 9.17) is 4.74 Å². The minimum Gasteiger partial charge on any atom is -0.462 e. The number of hydrogen-bond acceptors (Lipinski definition) is 14. The Kier molecular flexibility index (Phi) is 25.2. The van der Waals surface area contributed by atoms with E-state index in [1.807, 2.05) is 13.8 Å². The molecule has 0 bridgehead atoms. The van der Waals surface area contributed by atoms with Gasteiger partial charge in [0, 0.05) is 49.3 Å². The molecule has 25 nitrogen and oxygen atoms in total. The summed E-state index contributed by atoms with van der Waals surface area (Å²) in [4.78, 5) is 167. The van der Waals surface area contributed by atoms with Gasteiger partial charge in [-0.1, -0.05) is 32.9 Å². The molecular weight excluding hydrogens is 919 g/mol. The lowest BCUT2D eigenvalue weighted by Gasteiger charge is -2.36. The van der Waals surface area contributed by atoms with Crippen LogP contribution in [0.25, 0.3) is 0 Å². The lowest BCUT2D eigenvalue weighted by atomic mass is 9.92. The summed E-state index contributed by atoms with van der Waals surface area (Å²) in [5.41, 5.74) is 0. The Labute approximate surface area is 409 Å². The van der Waals surface area contributed by atoms with Crippen molar-refractivity contribution in [1.29, 1.82) is 0 Å². The Bertz CT molecular complexity index is 1950. The lowest BCUT2D eigenvalue weighted by molar-refractivity contribution is -0.152. The number of aliphatic hydroxyl groups is 1. The zero-order valence-electron chi connectivity index (χ0n) is 43.0. The van der Waals surface area contributed by atoms with E-state index in [1.165, 1.54) is 70.1 Å². The first kappa shape index (κ1) is 61.4. The molecule has 0 saturated carbocycles. The van der Waals surface area contributed by atoms with Crippen molar-refractivity contribution in [3.05, 3.63) is 12.2 Å². The van der Waals surface area contributed by atoms with Crippen LogP contribution in [-0.2, 0) is 62.3 Å². The van der Waals surface area contributed by atoms with Gasteiger partial charge in [-0.2, -0.15) is 0 Å². The number of amides is 11. The van der Waals surface area contributed by atoms with Gasteiger partial charge in [0.25, 0.3) is 6.47 Å². The second-order valence-electron chi connectivity index (χ2n) is 18.2. The molecule has 1 aliphatic heterocycles. The van der Waals surface area contributed by atoms with Crippen LogP contribution in [0.15, 0.2) is 12.2 Å². The van der Waals surface area contributed by atoms with E-state index in [0.29, 0.717) is 0 Å². The summed E-state index contributed by atoms with van der Waals surface area (Å²) in [7, 11) is 8.90. The third kappa shape index (κ3) is 18.7. The molecule has 5 N–H and O–H groups in total. The fraction of sp³-hybridized carbons (Fsp3) is 0.689. The zero-order chi connectivity index (χ0) is 53.9. The lowest BCUT2D eigenvalue weighted by Crippen LogP contribution is -2.62. The number of allylic oxidation sites excluding steroid dienone is 2. The maximum Gasteiger partial charge on any atom is 0.293 e. The predicted molar refractivity (Wildman–Crippen MR) is 252 cm³/mol. The van der Waals surface area contributed by atoms with Crippen molar-refractivity contribution in [3.63, 3.8) is 0 Å². The fourth-order valence-corrected chi connectivity index (χ4v) is 7.05. The summed E-state index contributed by atoms with van der Waals surface area (Å²) in [6.07, 6.45) is 0.908. The average Bonchev–Trinajstić information content (AvgIpc) is 3.28. The van der Waals surface area contributed by atoms with E-state index in [2.05, 4.69) is 21.3 Å². The number of rotatable bonds is 9. The molecule has 0 aromatic rings. The number of nitrogens with one attached hydrogen (secondary N) is 4. The minimum atomic E-state index is -1.71. The van der Waals surface area contributed by atoms with E-state index in [9.17, 15) is 62.6 Å². The maximum atomic E-state index is 14.3. The average molecular weight is 994 g/mol. The summed E-state index contributed by atoms with van der Waals surface area (Å²) in [6, 6.07) is -6.90. The number of carbonyl (C=O) groups is 12. The molecule has 394 valence electrons. The standard InChI is InChI=1S/C45H75N11O14/c1-15-16-17-27(4)40(64)39-42(66)49-38(30(7)70-25-57)45(69)54(12)23-35(61)51(9)20-32(58)46-19-34(60)50(8)21-33(59)47-28(5)41(65)48-29(6)43(67)55(13)31(18-26(2)3)44(68)53(11)22-36(62)52(10)24-37(63)56(39)14/h15-16,25-31,38-40,64H,17-24H2,1-14H3,(H,46,58)(H,47,59)(H,48,65)(H,49,66)/b16-15+/t27?,28-,29+,30+,31-,38?,39?,40+/m0/s1. The van der Waals surface area contributed by atoms with Crippen molar-refractivity contribution >= 4 is 71.5 Å². The van der Waals surface area contributed by atoms with Gasteiger partial charge in [-0.15, -0.1) is 0 Å². The third-order valence-corrected chi connectivity index (χ3v) is 11.7. The number of carbonyl (C=O) groups excluding carboxylic acids is 12. The van der Waals surface area contributed by atoms with E-state index in [0.717, 1.165) is 34.3 Å². The molecule has 70 heavy (non-hydrogen) atoms. The predicted octanol–water partition coefficient (Wildman–Crippen LogP) is -3.87. The van der Waals surface area contributed by atoms with Gasteiger partial charge >= 0.3 is 0 Å². The Balaban J connectivity index is 3.74. The summed E-state index contributed by atoms with van der Waals surface area (Å²) >= 11 is 0. The summed E-state index contributed by atoms with van der Waals surface area (Å²) < 4.78 is 5.03. The van der Waals surface area contributed by atoms with Gasteiger partial charge in [0.15, 0.2) is 0 Å². The molecule has 1 heterocycles. The zero-order valence-corrected chi connectivity index (χ0v) is 43.0. The second-order valence-corrected chi connectivity index (χ2v) is 18.2. The molecule has 3 unspecified atom stereocenters. The van der Waals surface area contributed by atoms with Crippen LogP contribution in [-0.4, -0.2) is 242 Å². The Hall–Kier alpha value is -6.66. The number of hydrogen-bond donors (Lipinski definition) is 5. The monoisotopic (exact) mass is 994 g/mol. The highest BCUT2D eigenvalue weighted by molar-refractivity contribution is 5.97. The van der Waals surface area contributed by atoms with Crippen LogP contribution in [0, 0.1) is 11.8 Å². The molecule has 11 amide bonds. The van der Waals surface area contributed by atoms with Crippen LogP contribution in [0.4, 0.5) is 0 Å². The second kappa shape index (κ2) is 28.7. The largest absolute Gasteiger partial charge is 0.462 e. The van der Waals surface area contributed by atoms with Crippen LogP contribution < -0.4 is 21.3 Å². The van der Waals surface area contributed by atoms with Crippen LogP contribution in [0.1, 0.15) is 61.3 Å². The smallest absolute Gasteiger partial charge is 0.293 e. The van der Waals surface area contributed by atoms with Gasteiger partial charge < -0.3 is 65.4 Å². The van der Waals surface area contributed by atoms with Crippen molar-refractivity contribution < 1.29 is 67.4 Å². The Morgan fingerprint density at radius 3 is 1.67 bits per heavy atom. The molecular formula is C45H75N11O14. The molecule has 1 saturated heterocycles. The molecule has 0 radical (unpaired) electrons. The molecule has 1 rings (SSSR count). The number of nitrogens with zero attached hydrogens (tertiary/aromatic N) is 7. The van der Waals surface area contributed by atoms with Crippen molar-refractivity contribution in [3.8, 4) is 0 Å². The van der Waals surface area contributed by atoms with Crippen molar-refractivity contribution in [2.75, 3.05) is 88.6 Å². The van der Waals surface area contributed by atoms with E-state index in [1.54, 1.807) is 26.0 Å². The van der Waals surface area contributed by atoms with Crippen LogP contribution in [0.2, 0.25) is 0 Å². The van der Waals surface area contributed by atoms with Gasteiger partial charge in [0.05, 0.1) is 45.4 Å². The van der Waals surface area contributed by atoms with E-state index >= 15 is 0 Å². The van der Waals surface area contributed by atoms with Gasteiger partial charge in [-0.25, -0.2) is 0 Å². The van der Waals surface area contributed by atoms with Crippen molar-refractivity contribution in [1.82, 2.24) is 55.6 Å². The SMILES string of the molecule is C/C=C/CC(C)[C@@H](O)C1C(=O)NC([C@@H](C)OC=O)C(=O)N(C)CC(=O)N(C)CC(=O)NCC(=O)N(C)CC(=O)N[C@@H](C)C(=O)N[C@H](C)C(=O)N(C)[C@@H](CC(C)C)C(=O)N(C)CC(=O)N(C)CC(=O)N1C. The van der Waals surface area contributed by atoms with Crippen molar-refractivity contribution in [2.24, 2.45) is 11.8 Å². The van der Waals surface area contributed by atoms with Crippen molar-refractivity contribution in [2.45, 2.75) is 104 Å². The Morgan fingerprint density at radius 2 is 1.13 bits per heavy atom. The molecule has 0 aromatic heterocycles. The van der Waals surface area contributed by atoms with Crippen LogP contribution >= 0.6 is 0 Å². The topological polar surface area (TPSA) is 305 Å². The first-order chi connectivity index (χ1) is 32.5. The Morgan fingerprint density at radius 1 is 0.614 bits per heavy atom. The number of aliphatic hydroxyl groups excluding tert-OH is 1. The molecule has 25 heteroatoms. The fourth-order valence-electron chi connectivity index (χ4n) is 7.05. The van der Waals surface area contributed by atoms with Crippen LogP contribution in [0.5, 0.6) is 0 Å². The van der Waals surface area contributed by atoms with E-state index in [-0.39, 0.29) is 25.2 Å². The molecule has 0 aromatic carbocycles. The summed E-state index contributed by atoms with van der Waals surface area (Å²) in [6.45, 7) is 7.47. The molecule has 0 spiro atoms. The van der Waals surface area contributed by atoms with Gasteiger partial charge in [-0.3, -0.25) is 57.5 Å². The first-order valence-electron chi connectivity index (χ1n) is 22.8. The first-order valence-corrected chi connectivity index (χ1v) is 22.8. The van der Waals surface area contributed by atoms with Gasteiger partial charge in [-0.05, 0) is 52.4 Å². The van der Waals surface area contributed by atoms with Gasteiger partial charge in [0.2, 0.25) is 65.0 Å². The maximum absolute atomic E-state index is 14.3. The highest BCUT2D eigenvalue weighted by Crippen LogP contribution is 2.19. The van der Waals surface area contributed by atoms with Crippen LogP contribution in [0.3, 0.4) is 0 Å². The minimum absolute atomic E-state index is 0.0343. The summed E-state index contributed by atoms with van der Waals surface area (Å²) in [5.74, 6) is -9.47. The third-order valence-electron chi connectivity index (χ3n) is 11.7. The highest BCUT2D eigenvalue weighted by Gasteiger charge is 2.41. The van der Waals surface area contributed by atoms with Gasteiger partial charge in [0.1, 0.15) is 36.3 Å². The quantitative estimate of drug-likeness (QED) is 0.109. The number of ether oxygens (including phenoxy) is 1. The molecule has 1 fully saturated rings. The van der Waals surface area contributed by atoms with E-state index < -0.39 is 153 Å². The number of likely N-dealkylation sites (N-methyl/N-ethyl adjacent to an activating group) is 7.